The molecule has 1 aliphatic carbocycles. The third-order valence-electron chi connectivity index (χ3n) is 2.65. The van der Waals surface area contributed by atoms with Gasteiger partial charge in [-0.15, -0.1) is 0 Å². The summed E-state index contributed by atoms with van der Waals surface area (Å²) in [6.45, 7) is 2.32. The van der Waals surface area contributed by atoms with Gasteiger partial charge in [0.15, 0.2) is 0 Å². The maximum absolute atomic E-state index is 11.3. The van der Waals surface area contributed by atoms with Gasteiger partial charge in [0, 0.05) is 12.6 Å². The Morgan fingerprint density at radius 2 is 2.18 bits per heavy atom. The molecule has 1 aromatic carbocycles. The monoisotopic (exact) mass is 255 g/mol. The molecule has 1 fully saturated rings. The number of hydrogen-bond donors (Lipinski definition) is 1. The quantitative estimate of drug-likeness (QED) is 0.786. The predicted molar refractivity (Wildman–Crippen MR) is 66.4 cm³/mol. The van der Waals surface area contributed by atoms with Gasteiger partial charge in [0.1, 0.15) is 5.75 Å². The Hall–Kier alpha value is -1.07. The fourth-order valence-electron chi connectivity index (χ4n) is 1.46. The average Bonchev–Trinajstić information content (AvgIpc) is 3.10. The highest BCUT2D eigenvalue weighted by Crippen LogP contribution is 2.20. The zero-order valence-corrected chi connectivity index (χ0v) is 10.7. The Kier molecular flexibility index (Phi) is 3.69. The van der Waals surface area contributed by atoms with Gasteiger partial charge in [0.25, 0.3) is 0 Å². The van der Waals surface area contributed by atoms with E-state index in [-0.39, 0.29) is 5.75 Å². The average molecular weight is 255 g/mol. The summed E-state index contributed by atoms with van der Waals surface area (Å²) in [6, 6.07) is 7.83. The van der Waals surface area contributed by atoms with Gasteiger partial charge in [0.05, 0.1) is 5.75 Å². The Labute approximate surface area is 102 Å². The lowest BCUT2D eigenvalue weighted by Gasteiger charge is -2.07. The van der Waals surface area contributed by atoms with Crippen LogP contribution in [0.15, 0.2) is 24.3 Å². The molecule has 0 atom stereocenters. The summed E-state index contributed by atoms with van der Waals surface area (Å²) in [5.41, 5.74) is 1.04. The van der Waals surface area contributed by atoms with Crippen molar-refractivity contribution in [2.24, 2.45) is 0 Å². The van der Waals surface area contributed by atoms with Gasteiger partial charge in [-0.2, -0.15) is 8.42 Å². The molecule has 0 amide bonds. The molecule has 1 saturated carbocycles. The van der Waals surface area contributed by atoms with Crippen LogP contribution in [0.1, 0.15) is 25.3 Å². The van der Waals surface area contributed by atoms with Gasteiger partial charge in [0.2, 0.25) is 0 Å². The van der Waals surface area contributed by atoms with Crippen molar-refractivity contribution < 1.29 is 12.6 Å². The zero-order chi connectivity index (χ0) is 12.3. The maximum Gasteiger partial charge on any atom is 0.308 e. The molecule has 4 nitrogen and oxygen atoms in total. The molecule has 17 heavy (non-hydrogen) atoms. The normalized spacial score (nSPS) is 15.8. The largest absolute Gasteiger partial charge is 0.382 e. The minimum Gasteiger partial charge on any atom is -0.382 e. The van der Waals surface area contributed by atoms with E-state index in [1.807, 2.05) is 12.1 Å². The minimum atomic E-state index is -3.43. The predicted octanol–water partition coefficient (Wildman–Crippen LogP) is 1.67. The molecule has 0 unspecified atom stereocenters. The van der Waals surface area contributed by atoms with Gasteiger partial charge >= 0.3 is 10.1 Å². The van der Waals surface area contributed by atoms with E-state index in [1.54, 1.807) is 19.1 Å². The Morgan fingerprint density at radius 1 is 1.41 bits per heavy atom. The van der Waals surface area contributed by atoms with E-state index in [1.165, 1.54) is 12.8 Å². The van der Waals surface area contributed by atoms with Crippen LogP contribution in [0.3, 0.4) is 0 Å². The molecule has 0 heterocycles. The maximum atomic E-state index is 11.3. The van der Waals surface area contributed by atoms with Crippen molar-refractivity contribution in [1.82, 2.24) is 5.32 Å². The van der Waals surface area contributed by atoms with Gasteiger partial charge in [-0.1, -0.05) is 12.1 Å². The van der Waals surface area contributed by atoms with Crippen molar-refractivity contribution in [3.8, 4) is 5.75 Å². The number of benzene rings is 1. The van der Waals surface area contributed by atoms with E-state index >= 15 is 0 Å². The molecule has 1 N–H and O–H groups in total. The second kappa shape index (κ2) is 5.06. The van der Waals surface area contributed by atoms with E-state index < -0.39 is 10.1 Å². The summed E-state index contributed by atoms with van der Waals surface area (Å²) >= 11 is 0. The minimum absolute atomic E-state index is 0.0163. The molecule has 0 bridgehead atoms. The summed E-state index contributed by atoms with van der Waals surface area (Å²) in [5, 5.41) is 3.37. The molecule has 1 aromatic rings. The molecular formula is C12H17NO3S. The van der Waals surface area contributed by atoms with Crippen LogP contribution < -0.4 is 9.50 Å². The highest BCUT2D eigenvalue weighted by atomic mass is 32.2. The highest BCUT2D eigenvalue weighted by molar-refractivity contribution is 7.87. The van der Waals surface area contributed by atoms with E-state index in [0.717, 1.165) is 12.1 Å². The summed E-state index contributed by atoms with van der Waals surface area (Å²) in [5.74, 6) is 0.374. The topological polar surface area (TPSA) is 55.4 Å². The van der Waals surface area contributed by atoms with Crippen LogP contribution in [0.5, 0.6) is 5.75 Å². The Morgan fingerprint density at radius 3 is 2.82 bits per heavy atom. The van der Waals surface area contributed by atoms with E-state index in [9.17, 15) is 8.42 Å². The molecular weight excluding hydrogens is 238 g/mol. The van der Waals surface area contributed by atoms with Crippen molar-refractivity contribution in [2.75, 3.05) is 5.75 Å². The van der Waals surface area contributed by atoms with Gasteiger partial charge in [-0.3, -0.25) is 0 Å². The van der Waals surface area contributed by atoms with Crippen molar-refractivity contribution in [3.63, 3.8) is 0 Å². The fourth-order valence-corrected chi connectivity index (χ4v) is 1.98. The zero-order valence-electron chi connectivity index (χ0n) is 9.85. The summed E-state index contributed by atoms with van der Waals surface area (Å²) in [4.78, 5) is 0. The third kappa shape index (κ3) is 4.02. The third-order valence-corrected chi connectivity index (χ3v) is 3.80. The van der Waals surface area contributed by atoms with Gasteiger partial charge in [-0.05, 0) is 37.5 Å². The van der Waals surface area contributed by atoms with Crippen molar-refractivity contribution in [2.45, 2.75) is 32.4 Å². The highest BCUT2D eigenvalue weighted by Gasteiger charge is 2.20. The second-order valence-electron chi connectivity index (χ2n) is 4.23. The number of rotatable bonds is 6. The number of nitrogens with one attached hydrogen (secondary N) is 1. The van der Waals surface area contributed by atoms with E-state index in [2.05, 4.69) is 5.32 Å². The second-order valence-corrected chi connectivity index (χ2v) is 6.09. The molecule has 0 spiro atoms. The van der Waals surface area contributed by atoms with Crippen LogP contribution in [-0.2, 0) is 16.7 Å². The molecule has 0 radical (unpaired) electrons. The summed E-state index contributed by atoms with van der Waals surface area (Å²) in [6.07, 6.45) is 2.47. The number of hydrogen-bond acceptors (Lipinski definition) is 4. The molecule has 5 heteroatoms. The lowest BCUT2D eigenvalue weighted by atomic mass is 10.2. The van der Waals surface area contributed by atoms with Crippen LogP contribution in [0, 0.1) is 0 Å². The SMILES string of the molecule is CCS(=O)(=O)Oc1cccc(CNC2CC2)c1. The molecule has 0 aliphatic heterocycles. The van der Waals surface area contributed by atoms with Crippen LogP contribution in [0.25, 0.3) is 0 Å². The summed E-state index contributed by atoms with van der Waals surface area (Å²) in [7, 11) is -3.43. The first kappa shape index (κ1) is 12.4. The van der Waals surface area contributed by atoms with E-state index in [4.69, 9.17) is 4.18 Å². The smallest absolute Gasteiger partial charge is 0.308 e. The van der Waals surface area contributed by atoms with Crippen LogP contribution in [-0.4, -0.2) is 20.2 Å². The molecule has 94 valence electrons. The standard InChI is InChI=1S/C12H17NO3S/c1-2-17(14,15)16-12-5-3-4-10(8-12)9-13-11-6-7-11/h3-5,8,11,13H,2,6-7,9H2,1H3. The van der Waals surface area contributed by atoms with Gasteiger partial charge < -0.3 is 9.50 Å². The molecule has 0 saturated heterocycles. The van der Waals surface area contributed by atoms with Crippen LogP contribution >= 0.6 is 0 Å². The first-order chi connectivity index (χ1) is 8.09. The van der Waals surface area contributed by atoms with Gasteiger partial charge in [-0.25, -0.2) is 0 Å². The molecule has 0 aromatic heterocycles. The Bertz CT molecular complexity index is 480. The van der Waals surface area contributed by atoms with Crippen molar-refractivity contribution in [3.05, 3.63) is 29.8 Å². The lowest BCUT2D eigenvalue weighted by Crippen LogP contribution is -2.15. The van der Waals surface area contributed by atoms with Crippen LogP contribution in [0.2, 0.25) is 0 Å². The lowest BCUT2D eigenvalue weighted by molar-refractivity contribution is 0.487. The van der Waals surface area contributed by atoms with Crippen molar-refractivity contribution >= 4 is 10.1 Å². The molecule has 2 rings (SSSR count). The first-order valence-electron chi connectivity index (χ1n) is 5.83. The molecule has 1 aliphatic rings. The van der Waals surface area contributed by atoms with E-state index in [0.29, 0.717) is 11.8 Å². The summed E-state index contributed by atoms with van der Waals surface area (Å²) < 4.78 is 27.6. The first-order valence-corrected chi connectivity index (χ1v) is 7.41. The van der Waals surface area contributed by atoms with Crippen molar-refractivity contribution in [1.29, 1.82) is 0 Å². The van der Waals surface area contributed by atoms with Crippen LogP contribution in [0.4, 0.5) is 0 Å². The fraction of sp³-hybridized carbons (Fsp3) is 0.500. The Balaban J connectivity index is 2.00.